The van der Waals surface area contributed by atoms with E-state index in [-0.39, 0.29) is 12.1 Å². The standard InChI is InChI=1S/C25H21N3OS2/c1-17-10-12-19(13-11-17)31-22-15-14-21(29-22)24-23(20-9-5-6-16-26-20)27-25(30)28(24)18-7-3-2-4-8-18/h2-16,23-24H,1H3,(H,27,30)/t23-,24+/m1/s1. The van der Waals surface area contributed by atoms with Crippen LogP contribution in [0.25, 0.3) is 0 Å². The van der Waals surface area contributed by atoms with E-state index in [0.717, 1.165) is 27.1 Å². The minimum absolute atomic E-state index is 0.114. The summed E-state index contributed by atoms with van der Waals surface area (Å²) < 4.78 is 6.35. The number of nitrogens with zero attached hydrogens (tertiary/aromatic N) is 2. The maximum Gasteiger partial charge on any atom is 0.174 e. The molecular formula is C25H21N3OS2. The molecule has 2 aromatic carbocycles. The maximum absolute atomic E-state index is 6.35. The average molecular weight is 444 g/mol. The lowest BCUT2D eigenvalue weighted by atomic mass is 10.0. The molecule has 0 saturated carbocycles. The van der Waals surface area contributed by atoms with Crippen LogP contribution in [0.1, 0.15) is 29.1 Å². The molecule has 0 amide bonds. The van der Waals surface area contributed by atoms with Crippen LogP contribution < -0.4 is 10.2 Å². The van der Waals surface area contributed by atoms with E-state index in [4.69, 9.17) is 16.6 Å². The van der Waals surface area contributed by atoms with E-state index in [0.29, 0.717) is 5.11 Å². The molecule has 2 atom stereocenters. The van der Waals surface area contributed by atoms with Gasteiger partial charge in [-0.25, -0.2) is 0 Å². The van der Waals surface area contributed by atoms with E-state index in [9.17, 15) is 0 Å². The summed E-state index contributed by atoms with van der Waals surface area (Å²) in [6.07, 6.45) is 1.81. The number of rotatable bonds is 5. The fourth-order valence-electron chi connectivity index (χ4n) is 3.78. The van der Waals surface area contributed by atoms with Gasteiger partial charge in [-0.2, -0.15) is 0 Å². The topological polar surface area (TPSA) is 41.3 Å². The van der Waals surface area contributed by atoms with Crippen LogP contribution in [0.4, 0.5) is 5.69 Å². The van der Waals surface area contributed by atoms with Gasteiger partial charge in [0.05, 0.1) is 11.7 Å². The number of furan rings is 1. The highest BCUT2D eigenvalue weighted by atomic mass is 32.2. The third kappa shape index (κ3) is 4.09. The summed E-state index contributed by atoms with van der Waals surface area (Å²) in [5.74, 6) is 0.849. The molecule has 0 bridgehead atoms. The summed E-state index contributed by atoms with van der Waals surface area (Å²) in [5, 5.41) is 4.97. The van der Waals surface area contributed by atoms with Crippen molar-refractivity contribution in [1.82, 2.24) is 10.3 Å². The van der Waals surface area contributed by atoms with E-state index in [2.05, 4.69) is 58.5 Å². The van der Waals surface area contributed by atoms with Gasteiger partial charge in [-0.15, -0.1) is 0 Å². The van der Waals surface area contributed by atoms with Crippen LogP contribution in [0, 0.1) is 6.92 Å². The van der Waals surface area contributed by atoms with Crippen LogP contribution in [0.15, 0.2) is 106 Å². The summed E-state index contributed by atoms with van der Waals surface area (Å²) in [7, 11) is 0. The first-order valence-corrected chi connectivity index (χ1v) is 11.3. The Hall–Kier alpha value is -3.09. The fourth-order valence-corrected chi connectivity index (χ4v) is 4.91. The van der Waals surface area contributed by atoms with Crippen LogP contribution >= 0.6 is 24.0 Å². The van der Waals surface area contributed by atoms with Gasteiger partial charge in [0.15, 0.2) is 10.2 Å². The molecule has 0 radical (unpaired) electrons. The molecule has 1 N–H and O–H groups in total. The number of pyridine rings is 1. The average Bonchev–Trinajstić information content (AvgIpc) is 3.40. The van der Waals surface area contributed by atoms with Gasteiger partial charge in [0.25, 0.3) is 0 Å². The zero-order chi connectivity index (χ0) is 21.2. The Kier molecular flexibility index (Phi) is 5.49. The first-order valence-electron chi connectivity index (χ1n) is 10.1. The first-order chi connectivity index (χ1) is 15.2. The predicted molar refractivity (Wildman–Crippen MR) is 128 cm³/mol. The van der Waals surface area contributed by atoms with Gasteiger partial charge in [-0.3, -0.25) is 4.98 Å². The highest BCUT2D eigenvalue weighted by Gasteiger charge is 2.42. The number of anilines is 1. The predicted octanol–water partition coefficient (Wildman–Crippen LogP) is 6.31. The monoisotopic (exact) mass is 443 g/mol. The van der Waals surface area contributed by atoms with Gasteiger partial charge in [0.1, 0.15) is 11.8 Å². The molecule has 1 aliphatic rings. The normalized spacial score (nSPS) is 18.2. The van der Waals surface area contributed by atoms with Crippen molar-refractivity contribution in [3.05, 3.63) is 108 Å². The van der Waals surface area contributed by atoms with Crippen molar-refractivity contribution in [2.45, 2.75) is 29.0 Å². The van der Waals surface area contributed by atoms with Gasteiger partial charge in [0.2, 0.25) is 0 Å². The number of aromatic nitrogens is 1. The lowest BCUT2D eigenvalue weighted by Gasteiger charge is -2.26. The molecule has 5 rings (SSSR count). The summed E-state index contributed by atoms with van der Waals surface area (Å²) in [5.41, 5.74) is 3.19. The van der Waals surface area contributed by atoms with Gasteiger partial charge in [0, 0.05) is 16.8 Å². The highest BCUT2D eigenvalue weighted by Crippen LogP contribution is 2.43. The molecular weight excluding hydrogens is 422 g/mol. The van der Waals surface area contributed by atoms with Crippen LogP contribution in [0.5, 0.6) is 0 Å². The third-order valence-corrected chi connectivity index (χ3v) is 6.51. The van der Waals surface area contributed by atoms with Crippen molar-refractivity contribution in [2.24, 2.45) is 0 Å². The van der Waals surface area contributed by atoms with Crippen molar-refractivity contribution < 1.29 is 4.42 Å². The second-order valence-corrected chi connectivity index (χ2v) is 8.87. The summed E-state index contributed by atoms with van der Waals surface area (Å²) in [4.78, 5) is 7.85. The Morgan fingerprint density at radius 2 is 1.71 bits per heavy atom. The highest BCUT2D eigenvalue weighted by molar-refractivity contribution is 7.99. The van der Waals surface area contributed by atoms with Crippen LogP contribution in [0.2, 0.25) is 0 Å². The molecule has 4 aromatic rings. The molecule has 1 saturated heterocycles. The van der Waals surface area contributed by atoms with Gasteiger partial charge in [-0.05, 0) is 67.7 Å². The Morgan fingerprint density at radius 3 is 2.45 bits per heavy atom. The van der Waals surface area contributed by atoms with Crippen molar-refractivity contribution >= 4 is 34.8 Å². The van der Waals surface area contributed by atoms with Crippen molar-refractivity contribution in [2.75, 3.05) is 4.90 Å². The summed E-state index contributed by atoms with van der Waals surface area (Å²) in [6.45, 7) is 2.09. The quantitative estimate of drug-likeness (QED) is 0.365. The molecule has 3 heterocycles. The molecule has 0 unspecified atom stereocenters. The van der Waals surface area contributed by atoms with E-state index in [1.165, 1.54) is 5.56 Å². The van der Waals surface area contributed by atoms with Crippen molar-refractivity contribution in [1.29, 1.82) is 0 Å². The largest absolute Gasteiger partial charge is 0.452 e. The molecule has 1 fully saturated rings. The molecule has 1 aliphatic heterocycles. The second kappa shape index (κ2) is 8.57. The lowest BCUT2D eigenvalue weighted by molar-refractivity contribution is 0.383. The molecule has 4 nitrogen and oxygen atoms in total. The molecule has 0 spiro atoms. The Morgan fingerprint density at radius 1 is 0.935 bits per heavy atom. The number of nitrogens with one attached hydrogen (secondary N) is 1. The minimum Gasteiger partial charge on any atom is -0.452 e. The molecule has 0 aliphatic carbocycles. The minimum atomic E-state index is -0.142. The lowest BCUT2D eigenvalue weighted by Crippen LogP contribution is -2.29. The number of hydrogen-bond acceptors (Lipinski definition) is 4. The zero-order valence-corrected chi connectivity index (χ0v) is 18.6. The molecule has 31 heavy (non-hydrogen) atoms. The number of aryl methyl sites for hydroxylation is 1. The number of thiocarbonyl (C=S) groups is 1. The Labute approximate surface area is 191 Å². The molecule has 154 valence electrons. The van der Waals surface area contributed by atoms with E-state index in [1.54, 1.807) is 11.8 Å². The van der Waals surface area contributed by atoms with E-state index < -0.39 is 0 Å². The van der Waals surface area contributed by atoms with Crippen LogP contribution in [-0.2, 0) is 0 Å². The number of hydrogen-bond donors (Lipinski definition) is 1. The van der Waals surface area contributed by atoms with Gasteiger partial charge < -0.3 is 14.6 Å². The van der Waals surface area contributed by atoms with E-state index >= 15 is 0 Å². The SMILES string of the molecule is Cc1ccc(Sc2ccc([C@H]3[C@@H](c4ccccn4)NC(=S)N3c3ccccc3)o2)cc1. The van der Waals surface area contributed by atoms with Crippen molar-refractivity contribution in [3.63, 3.8) is 0 Å². The Balaban J connectivity index is 1.51. The second-order valence-electron chi connectivity index (χ2n) is 7.40. The first kappa shape index (κ1) is 19.8. The van der Waals surface area contributed by atoms with Gasteiger partial charge in [-0.1, -0.05) is 53.7 Å². The van der Waals surface area contributed by atoms with Crippen molar-refractivity contribution in [3.8, 4) is 0 Å². The zero-order valence-electron chi connectivity index (χ0n) is 16.9. The van der Waals surface area contributed by atoms with Crippen LogP contribution in [0.3, 0.4) is 0 Å². The van der Waals surface area contributed by atoms with Crippen LogP contribution in [-0.4, -0.2) is 10.1 Å². The molecule has 6 heteroatoms. The maximum atomic E-state index is 6.35. The fraction of sp³-hybridized carbons (Fsp3) is 0.120. The Bertz CT molecular complexity index is 1180. The third-order valence-electron chi connectivity index (χ3n) is 5.27. The number of para-hydroxylation sites is 1. The summed E-state index contributed by atoms with van der Waals surface area (Å²) in [6, 6.07) is 28.4. The van der Waals surface area contributed by atoms with E-state index in [1.807, 2.05) is 54.7 Å². The van der Waals surface area contributed by atoms with Gasteiger partial charge >= 0.3 is 0 Å². The smallest absolute Gasteiger partial charge is 0.174 e. The number of benzene rings is 2. The molecule has 2 aromatic heterocycles. The summed E-state index contributed by atoms with van der Waals surface area (Å²) >= 11 is 7.36.